The van der Waals surface area contributed by atoms with Gasteiger partial charge in [-0.1, -0.05) is 18.2 Å². The first-order valence-electron chi connectivity index (χ1n) is 8.35. The molecule has 1 aromatic heterocycles. The Bertz CT molecular complexity index is 792. The first kappa shape index (κ1) is 16.1. The highest BCUT2D eigenvalue weighted by Gasteiger charge is 2.51. The van der Waals surface area contributed by atoms with Crippen LogP contribution >= 0.6 is 0 Å². The molecule has 7 nitrogen and oxygen atoms in total. The molecule has 2 saturated heterocycles. The van der Waals surface area contributed by atoms with Crippen molar-refractivity contribution >= 4 is 22.8 Å². The van der Waals surface area contributed by atoms with E-state index in [0.29, 0.717) is 37.6 Å². The third-order valence-electron chi connectivity index (χ3n) is 5.05. The zero-order valence-electron chi connectivity index (χ0n) is 14.3. The second-order valence-corrected chi connectivity index (χ2v) is 6.85. The molecule has 0 unspecified atom stereocenters. The Morgan fingerprint density at radius 2 is 2.00 bits per heavy atom. The smallest absolute Gasteiger partial charge is 0.289 e. The van der Waals surface area contributed by atoms with E-state index in [9.17, 15) is 9.59 Å². The van der Waals surface area contributed by atoms with Crippen molar-refractivity contribution in [2.45, 2.75) is 11.6 Å². The lowest BCUT2D eigenvalue weighted by Crippen LogP contribution is -2.73. The third kappa shape index (κ3) is 2.69. The van der Waals surface area contributed by atoms with Gasteiger partial charge in [-0.05, 0) is 19.2 Å². The van der Waals surface area contributed by atoms with Gasteiger partial charge in [0, 0.05) is 19.0 Å². The number of nitrogens with one attached hydrogen (secondary N) is 1. The predicted octanol–water partition coefficient (Wildman–Crippen LogP) is 0.704. The van der Waals surface area contributed by atoms with Gasteiger partial charge in [-0.25, -0.2) is 0 Å². The number of benzene rings is 1. The van der Waals surface area contributed by atoms with Crippen molar-refractivity contribution < 1.29 is 18.7 Å². The van der Waals surface area contributed by atoms with Gasteiger partial charge in [0.15, 0.2) is 5.76 Å². The summed E-state index contributed by atoms with van der Waals surface area (Å²) in [5.41, 5.74) is 0.323. The van der Waals surface area contributed by atoms with Gasteiger partial charge < -0.3 is 19.4 Å². The summed E-state index contributed by atoms with van der Waals surface area (Å²) in [6, 6.07) is 9.06. The Hall–Kier alpha value is -2.38. The molecule has 0 radical (unpaired) electrons. The molecule has 2 aliphatic heterocycles. The molecule has 2 fully saturated rings. The molecule has 7 heteroatoms. The standard InChI is InChI=1S/C18H21N3O4/c1-19-16(22)13-8-24-18(9-20(13)2)10-21(11-18)17(23)15-7-12-5-3-4-6-14(12)25-15/h3-7,13H,8-11H2,1-2H3,(H,19,22)/t13-/m0/s1. The van der Waals surface area contributed by atoms with Crippen LogP contribution in [0, 0.1) is 0 Å². The first-order valence-corrected chi connectivity index (χ1v) is 8.35. The van der Waals surface area contributed by atoms with Crippen molar-refractivity contribution in [2.24, 2.45) is 0 Å². The average Bonchev–Trinajstić information content (AvgIpc) is 3.02. The molecule has 0 saturated carbocycles. The minimum absolute atomic E-state index is 0.0492. The summed E-state index contributed by atoms with van der Waals surface area (Å²) in [6.07, 6.45) is 0. The van der Waals surface area contributed by atoms with E-state index in [4.69, 9.17) is 9.15 Å². The fraction of sp³-hybridized carbons (Fsp3) is 0.444. The van der Waals surface area contributed by atoms with Gasteiger partial charge in [0.1, 0.15) is 17.2 Å². The number of carbonyl (C=O) groups is 2. The van der Waals surface area contributed by atoms with Crippen LogP contribution in [0.2, 0.25) is 0 Å². The van der Waals surface area contributed by atoms with E-state index < -0.39 is 0 Å². The Morgan fingerprint density at radius 1 is 1.24 bits per heavy atom. The fourth-order valence-corrected chi connectivity index (χ4v) is 3.66. The molecule has 0 aliphatic carbocycles. The van der Waals surface area contributed by atoms with Crippen LogP contribution in [0.5, 0.6) is 0 Å². The van der Waals surface area contributed by atoms with Crippen LogP contribution < -0.4 is 5.32 Å². The topological polar surface area (TPSA) is 75.0 Å². The van der Waals surface area contributed by atoms with Crippen LogP contribution in [0.15, 0.2) is 34.7 Å². The maximum Gasteiger partial charge on any atom is 0.289 e. The molecule has 132 valence electrons. The summed E-state index contributed by atoms with van der Waals surface area (Å²) in [5.74, 6) is 0.178. The second kappa shape index (κ2) is 5.86. The summed E-state index contributed by atoms with van der Waals surface area (Å²) < 4.78 is 11.6. The van der Waals surface area contributed by atoms with Crippen LogP contribution in [-0.4, -0.2) is 73.6 Å². The summed E-state index contributed by atoms with van der Waals surface area (Å²) in [5, 5.41) is 3.57. The molecular formula is C18H21N3O4. The normalized spacial score (nSPS) is 22.8. The largest absolute Gasteiger partial charge is 0.451 e. The lowest BCUT2D eigenvalue weighted by molar-refractivity contribution is -0.187. The highest BCUT2D eigenvalue weighted by molar-refractivity contribution is 5.96. The van der Waals surface area contributed by atoms with Gasteiger partial charge in [-0.3, -0.25) is 14.5 Å². The van der Waals surface area contributed by atoms with Gasteiger partial charge in [0.05, 0.1) is 19.7 Å². The number of hydrogen-bond acceptors (Lipinski definition) is 5. The zero-order chi connectivity index (χ0) is 17.6. The van der Waals surface area contributed by atoms with Gasteiger partial charge in [-0.15, -0.1) is 0 Å². The number of amides is 2. The van der Waals surface area contributed by atoms with Crippen LogP contribution in [0.1, 0.15) is 10.6 Å². The number of fused-ring (bicyclic) bond motifs is 1. The van der Waals surface area contributed by atoms with Crippen molar-refractivity contribution in [1.29, 1.82) is 0 Å². The third-order valence-corrected chi connectivity index (χ3v) is 5.05. The quantitative estimate of drug-likeness (QED) is 0.869. The number of ether oxygens (including phenoxy) is 1. The molecule has 2 aromatic rings. The number of para-hydroxylation sites is 1. The highest BCUT2D eigenvalue weighted by atomic mass is 16.5. The molecule has 1 spiro atoms. The van der Waals surface area contributed by atoms with Crippen LogP contribution in [0.25, 0.3) is 11.0 Å². The molecular weight excluding hydrogens is 322 g/mol. The molecule has 0 bridgehead atoms. The maximum atomic E-state index is 12.6. The van der Waals surface area contributed by atoms with Crippen LogP contribution in [0.4, 0.5) is 0 Å². The minimum atomic E-state index is -0.388. The molecule has 25 heavy (non-hydrogen) atoms. The van der Waals surface area contributed by atoms with E-state index in [2.05, 4.69) is 5.32 Å². The van der Waals surface area contributed by atoms with E-state index in [1.165, 1.54) is 0 Å². The summed E-state index contributed by atoms with van der Waals surface area (Å²) in [6.45, 7) is 1.97. The van der Waals surface area contributed by atoms with Crippen LogP contribution in [-0.2, 0) is 9.53 Å². The fourth-order valence-electron chi connectivity index (χ4n) is 3.66. The lowest BCUT2D eigenvalue weighted by Gasteiger charge is -2.54. The Labute approximate surface area is 145 Å². The van der Waals surface area contributed by atoms with Crippen molar-refractivity contribution in [3.63, 3.8) is 0 Å². The lowest BCUT2D eigenvalue weighted by atomic mass is 9.90. The minimum Gasteiger partial charge on any atom is -0.451 e. The molecule has 1 N–H and O–H groups in total. The van der Waals surface area contributed by atoms with E-state index >= 15 is 0 Å². The summed E-state index contributed by atoms with van der Waals surface area (Å²) >= 11 is 0. The molecule has 4 rings (SSSR count). The van der Waals surface area contributed by atoms with E-state index in [1.807, 2.05) is 36.2 Å². The average molecular weight is 343 g/mol. The summed E-state index contributed by atoms with van der Waals surface area (Å²) in [7, 11) is 3.53. The number of carbonyl (C=O) groups excluding carboxylic acids is 2. The number of furan rings is 1. The monoisotopic (exact) mass is 343 g/mol. The van der Waals surface area contributed by atoms with E-state index in [0.717, 1.165) is 5.39 Å². The Morgan fingerprint density at radius 3 is 2.68 bits per heavy atom. The second-order valence-electron chi connectivity index (χ2n) is 6.85. The number of likely N-dealkylation sites (N-methyl/N-ethyl adjacent to an activating group) is 2. The Balaban J connectivity index is 1.41. The SMILES string of the molecule is CNC(=O)[C@@H]1COC2(CN(C(=O)c3cc4ccccc4o3)C2)CN1C. The molecule has 3 heterocycles. The molecule has 1 aromatic carbocycles. The number of morpholine rings is 1. The van der Waals surface area contributed by atoms with Gasteiger partial charge >= 0.3 is 0 Å². The van der Waals surface area contributed by atoms with E-state index in [1.54, 1.807) is 18.0 Å². The number of nitrogens with zero attached hydrogens (tertiary/aromatic N) is 2. The summed E-state index contributed by atoms with van der Waals surface area (Å²) in [4.78, 5) is 28.2. The first-order chi connectivity index (χ1) is 12.0. The molecule has 2 amide bonds. The van der Waals surface area contributed by atoms with Gasteiger partial charge in [0.25, 0.3) is 5.91 Å². The highest BCUT2D eigenvalue weighted by Crippen LogP contribution is 2.32. The zero-order valence-corrected chi connectivity index (χ0v) is 14.3. The maximum absolute atomic E-state index is 12.6. The van der Waals surface area contributed by atoms with Crippen molar-refractivity contribution in [3.05, 3.63) is 36.1 Å². The predicted molar refractivity (Wildman–Crippen MR) is 91.3 cm³/mol. The Kier molecular flexibility index (Phi) is 3.77. The number of rotatable bonds is 2. The van der Waals surface area contributed by atoms with Gasteiger partial charge in [0.2, 0.25) is 5.91 Å². The van der Waals surface area contributed by atoms with E-state index in [-0.39, 0.29) is 23.5 Å². The number of likely N-dealkylation sites (tertiary alicyclic amines) is 1. The number of hydrogen-bond donors (Lipinski definition) is 1. The molecule has 1 atom stereocenters. The van der Waals surface area contributed by atoms with Crippen molar-refractivity contribution in [3.8, 4) is 0 Å². The van der Waals surface area contributed by atoms with Gasteiger partial charge in [-0.2, -0.15) is 0 Å². The molecule has 2 aliphatic rings. The van der Waals surface area contributed by atoms with Crippen molar-refractivity contribution in [1.82, 2.24) is 15.1 Å². The van der Waals surface area contributed by atoms with Crippen molar-refractivity contribution in [2.75, 3.05) is 40.3 Å². The van der Waals surface area contributed by atoms with Crippen LogP contribution in [0.3, 0.4) is 0 Å².